The average molecular weight is 314 g/mol. The molecule has 0 aromatic carbocycles. The molecule has 0 fully saturated rings. The first kappa shape index (κ1) is 15.5. The molecule has 2 aromatic rings. The van der Waals surface area contributed by atoms with E-state index in [2.05, 4.69) is 28.4 Å². The van der Waals surface area contributed by atoms with Gasteiger partial charge < -0.3 is 4.74 Å². The summed E-state index contributed by atoms with van der Waals surface area (Å²) < 4.78 is 6.95. The second-order valence-electron chi connectivity index (χ2n) is 4.83. The van der Waals surface area contributed by atoms with Gasteiger partial charge in [-0.1, -0.05) is 11.6 Å². The Hall–Kier alpha value is -0.880. The highest BCUT2D eigenvalue weighted by Gasteiger charge is 2.13. The number of aryl methyl sites for hydroxylation is 2. The van der Waals surface area contributed by atoms with Gasteiger partial charge in [0.2, 0.25) is 0 Å². The molecule has 0 aliphatic rings. The van der Waals surface area contributed by atoms with Crippen LogP contribution in [0.1, 0.15) is 16.1 Å². The van der Waals surface area contributed by atoms with Crippen molar-refractivity contribution in [1.82, 2.24) is 14.7 Å². The number of thiophene rings is 1. The Morgan fingerprint density at radius 2 is 2.25 bits per heavy atom. The first-order valence-electron chi connectivity index (χ1n) is 6.52. The monoisotopic (exact) mass is 313 g/mol. The van der Waals surface area contributed by atoms with Crippen LogP contribution in [0.25, 0.3) is 0 Å². The standard InChI is InChI=1S/C14H20ClN3OS/c1-11-4-7-20-14(11)10-18(5-6-19-3)9-13-12(15)8-17(2)16-13/h4,7-8H,5-6,9-10H2,1-3H3. The lowest BCUT2D eigenvalue weighted by Crippen LogP contribution is -2.27. The molecule has 0 N–H and O–H groups in total. The normalized spacial score (nSPS) is 11.4. The molecule has 2 heterocycles. The average Bonchev–Trinajstić information content (AvgIpc) is 2.93. The van der Waals surface area contributed by atoms with Crippen LogP contribution in [0.15, 0.2) is 17.6 Å². The van der Waals surface area contributed by atoms with Gasteiger partial charge in [0.05, 0.1) is 17.3 Å². The van der Waals surface area contributed by atoms with Gasteiger partial charge in [0.25, 0.3) is 0 Å². The zero-order chi connectivity index (χ0) is 14.5. The predicted octanol–water partition coefficient (Wildman–Crippen LogP) is 3.09. The third kappa shape index (κ3) is 4.06. The molecule has 2 rings (SSSR count). The summed E-state index contributed by atoms with van der Waals surface area (Å²) in [5, 5.41) is 7.27. The van der Waals surface area contributed by atoms with Gasteiger partial charge in [-0.2, -0.15) is 5.10 Å². The van der Waals surface area contributed by atoms with Gasteiger partial charge in [-0.15, -0.1) is 11.3 Å². The molecule has 20 heavy (non-hydrogen) atoms. The second kappa shape index (κ2) is 7.22. The number of rotatable bonds is 7. The predicted molar refractivity (Wildman–Crippen MR) is 83.3 cm³/mol. The summed E-state index contributed by atoms with van der Waals surface area (Å²) in [6.07, 6.45) is 1.84. The number of hydrogen-bond donors (Lipinski definition) is 0. The SMILES string of the molecule is COCCN(Cc1nn(C)cc1Cl)Cc1sccc1C. The fraction of sp³-hybridized carbons (Fsp3) is 0.500. The van der Waals surface area contributed by atoms with Crippen molar-refractivity contribution in [2.24, 2.45) is 7.05 Å². The maximum absolute atomic E-state index is 6.20. The first-order chi connectivity index (χ1) is 9.60. The Kier molecular flexibility index (Phi) is 5.60. The van der Waals surface area contributed by atoms with Crippen molar-refractivity contribution in [3.05, 3.63) is 38.8 Å². The van der Waals surface area contributed by atoms with Crippen molar-refractivity contribution in [3.8, 4) is 0 Å². The lowest BCUT2D eigenvalue weighted by atomic mass is 10.2. The molecule has 0 saturated carbocycles. The van der Waals surface area contributed by atoms with Crippen LogP contribution < -0.4 is 0 Å². The molecule has 0 spiro atoms. The summed E-state index contributed by atoms with van der Waals surface area (Å²) in [5.74, 6) is 0. The summed E-state index contributed by atoms with van der Waals surface area (Å²) >= 11 is 7.99. The Balaban J connectivity index is 2.07. The second-order valence-corrected chi connectivity index (χ2v) is 6.24. The van der Waals surface area contributed by atoms with Gasteiger partial charge >= 0.3 is 0 Å². The van der Waals surface area contributed by atoms with Crippen molar-refractivity contribution in [2.75, 3.05) is 20.3 Å². The van der Waals surface area contributed by atoms with Crippen LogP contribution in [0.3, 0.4) is 0 Å². The lowest BCUT2D eigenvalue weighted by Gasteiger charge is -2.21. The molecule has 0 saturated heterocycles. The third-order valence-electron chi connectivity index (χ3n) is 3.17. The van der Waals surface area contributed by atoms with Crippen LogP contribution in [0.5, 0.6) is 0 Å². The van der Waals surface area contributed by atoms with Gasteiger partial charge in [-0.05, 0) is 23.9 Å². The number of ether oxygens (including phenoxy) is 1. The molecule has 110 valence electrons. The largest absolute Gasteiger partial charge is 0.383 e. The van der Waals surface area contributed by atoms with Crippen LogP contribution >= 0.6 is 22.9 Å². The Labute approximate surface area is 128 Å². The number of halogens is 1. The summed E-state index contributed by atoms with van der Waals surface area (Å²) in [7, 11) is 3.61. The van der Waals surface area contributed by atoms with E-state index in [9.17, 15) is 0 Å². The van der Waals surface area contributed by atoms with Crippen molar-refractivity contribution >= 4 is 22.9 Å². The van der Waals surface area contributed by atoms with Crippen LogP contribution in [0.2, 0.25) is 5.02 Å². The van der Waals surface area contributed by atoms with E-state index < -0.39 is 0 Å². The molecule has 0 atom stereocenters. The molecular formula is C14H20ClN3OS. The molecular weight excluding hydrogens is 294 g/mol. The quantitative estimate of drug-likeness (QED) is 0.787. The lowest BCUT2D eigenvalue weighted by molar-refractivity contribution is 0.139. The van der Waals surface area contributed by atoms with Crippen LogP contribution in [-0.2, 0) is 24.9 Å². The summed E-state index contributed by atoms with van der Waals surface area (Å²) in [5.41, 5.74) is 2.25. The first-order valence-corrected chi connectivity index (χ1v) is 7.78. The minimum Gasteiger partial charge on any atom is -0.383 e. The summed E-state index contributed by atoms with van der Waals surface area (Å²) in [6, 6.07) is 2.16. The van der Waals surface area contributed by atoms with E-state index in [1.165, 1.54) is 10.4 Å². The molecule has 0 radical (unpaired) electrons. The van der Waals surface area contributed by atoms with E-state index in [0.29, 0.717) is 6.61 Å². The number of hydrogen-bond acceptors (Lipinski definition) is 4. The number of methoxy groups -OCH3 is 1. The van der Waals surface area contributed by atoms with Crippen molar-refractivity contribution < 1.29 is 4.74 Å². The van der Waals surface area contributed by atoms with Crippen LogP contribution in [0, 0.1) is 6.92 Å². The van der Waals surface area contributed by atoms with Crippen molar-refractivity contribution in [3.63, 3.8) is 0 Å². The highest BCUT2D eigenvalue weighted by molar-refractivity contribution is 7.10. The zero-order valence-electron chi connectivity index (χ0n) is 12.1. The summed E-state index contributed by atoms with van der Waals surface area (Å²) in [6.45, 7) is 5.35. The van der Waals surface area contributed by atoms with E-state index in [1.54, 1.807) is 23.1 Å². The van der Waals surface area contributed by atoms with E-state index >= 15 is 0 Å². The molecule has 0 amide bonds. The van der Waals surface area contributed by atoms with Gasteiger partial charge in [0.1, 0.15) is 0 Å². The van der Waals surface area contributed by atoms with E-state index in [0.717, 1.165) is 30.4 Å². The number of nitrogens with zero attached hydrogens (tertiary/aromatic N) is 3. The van der Waals surface area contributed by atoms with Gasteiger partial charge in [0, 0.05) is 44.9 Å². The molecule has 0 unspecified atom stereocenters. The van der Waals surface area contributed by atoms with Gasteiger partial charge in [-0.3, -0.25) is 9.58 Å². The highest BCUT2D eigenvalue weighted by atomic mass is 35.5. The Morgan fingerprint density at radius 1 is 1.45 bits per heavy atom. The Morgan fingerprint density at radius 3 is 2.80 bits per heavy atom. The zero-order valence-corrected chi connectivity index (χ0v) is 13.7. The molecule has 0 bridgehead atoms. The smallest absolute Gasteiger partial charge is 0.0950 e. The topological polar surface area (TPSA) is 30.3 Å². The van der Waals surface area contributed by atoms with Crippen LogP contribution in [0.4, 0.5) is 0 Å². The van der Waals surface area contributed by atoms with E-state index in [4.69, 9.17) is 16.3 Å². The highest BCUT2D eigenvalue weighted by Crippen LogP contribution is 2.21. The third-order valence-corrected chi connectivity index (χ3v) is 4.50. The minimum absolute atomic E-state index is 0.703. The molecule has 6 heteroatoms. The molecule has 0 aliphatic heterocycles. The minimum atomic E-state index is 0.703. The van der Waals surface area contributed by atoms with E-state index in [-0.39, 0.29) is 0 Å². The fourth-order valence-electron chi connectivity index (χ4n) is 2.03. The van der Waals surface area contributed by atoms with E-state index in [1.807, 2.05) is 13.2 Å². The van der Waals surface area contributed by atoms with Crippen molar-refractivity contribution in [2.45, 2.75) is 20.0 Å². The fourth-order valence-corrected chi connectivity index (χ4v) is 3.21. The maximum Gasteiger partial charge on any atom is 0.0950 e. The number of aromatic nitrogens is 2. The molecule has 2 aromatic heterocycles. The van der Waals surface area contributed by atoms with Crippen molar-refractivity contribution in [1.29, 1.82) is 0 Å². The molecule has 0 aliphatic carbocycles. The maximum atomic E-state index is 6.20. The summed E-state index contributed by atoms with van der Waals surface area (Å²) in [4.78, 5) is 3.70. The van der Waals surface area contributed by atoms with Crippen LogP contribution in [-0.4, -0.2) is 34.9 Å². The van der Waals surface area contributed by atoms with Gasteiger partial charge in [0.15, 0.2) is 0 Å². The molecule has 4 nitrogen and oxygen atoms in total. The van der Waals surface area contributed by atoms with Gasteiger partial charge in [-0.25, -0.2) is 0 Å². The Bertz CT molecular complexity index is 552.